The number of nitrogens with zero attached hydrogens (tertiary/aromatic N) is 1. The summed E-state index contributed by atoms with van der Waals surface area (Å²) < 4.78 is 10.7. The monoisotopic (exact) mass is 373 g/mol. The third kappa shape index (κ3) is 4.96. The first kappa shape index (κ1) is 19.1. The minimum atomic E-state index is -0.354. The molecule has 1 aliphatic heterocycles. The van der Waals surface area contributed by atoms with Gasteiger partial charge in [0.05, 0.1) is 19.1 Å². The van der Waals surface area contributed by atoms with Crippen LogP contribution in [-0.2, 0) is 13.1 Å². The van der Waals surface area contributed by atoms with Crippen LogP contribution in [0.1, 0.15) is 11.1 Å². The standard InChI is InChI=1S/C20H25N3O4/c1-26-19-8-5-17(13-20(19)27-2)15-22-11-9-21(10-12-22)14-16-3-6-18(7-4-16)23(24)25/h3-8,13H,9-12,14-15H2,1-2H3/p+2. The molecule has 3 rings (SSSR count). The molecule has 0 spiro atoms. The number of ether oxygens (including phenoxy) is 2. The Balaban J connectivity index is 1.51. The van der Waals surface area contributed by atoms with Crippen LogP contribution in [0.3, 0.4) is 0 Å². The van der Waals surface area contributed by atoms with Crippen LogP contribution in [0, 0.1) is 10.1 Å². The number of benzene rings is 2. The van der Waals surface area contributed by atoms with Gasteiger partial charge in [-0.05, 0) is 30.3 Å². The summed E-state index contributed by atoms with van der Waals surface area (Å²) in [5.41, 5.74) is 2.55. The normalized spacial score (nSPS) is 19.5. The van der Waals surface area contributed by atoms with Gasteiger partial charge in [0, 0.05) is 23.3 Å². The van der Waals surface area contributed by atoms with Gasteiger partial charge in [-0.2, -0.15) is 0 Å². The van der Waals surface area contributed by atoms with Crippen LogP contribution in [0.15, 0.2) is 42.5 Å². The van der Waals surface area contributed by atoms with Crippen molar-refractivity contribution in [2.24, 2.45) is 0 Å². The molecule has 27 heavy (non-hydrogen) atoms. The molecule has 2 aromatic rings. The number of hydrogen-bond donors (Lipinski definition) is 2. The molecule has 0 aliphatic carbocycles. The number of nitro benzene ring substituents is 1. The Bertz CT molecular complexity index is 771. The molecule has 1 heterocycles. The minimum absolute atomic E-state index is 0.151. The quantitative estimate of drug-likeness (QED) is 0.533. The lowest BCUT2D eigenvalue weighted by molar-refractivity contribution is -1.02. The molecule has 0 unspecified atom stereocenters. The van der Waals surface area contributed by atoms with Gasteiger partial charge in [0.15, 0.2) is 11.5 Å². The highest BCUT2D eigenvalue weighted by Gasteiger charge is 2.23. The van der Waals surface area contributed by atoms with E-state index in [1.807, 2.05) is 18.2 Å². The maximum Gasteiger partial charge on any atom is 0.269 e. The zero-order valence-electron chi connectivity index (χ0n) is 15.9. The van der Waals surface area contributed by atoms with E-state index in [4.69, 9.17) is 9.47 Å². The second kappa shape index (κ2) is 8.83. The van der Waals surface area contributed by atoms with Crippen LogP contribution < -0.4 is 19.3 Å². The second-order valence-electron chi connectivity index (χ2n) is 6.97. The smallest absolute Gasteiger partial charge is 0.269 e. The Kier molecular flexibility index (Phi) is 6.26. The van der Waals surface area contributed by atoms with E-state index in [0.717, 1.165) is 56.3 Å². The first-order valence-electron chi connectivity index (χ1n) is 9.20. The highest BCUT2D eigenvalue weighted by Crippen LogP contribution is 2.27. The average molecular weight is 373 g/mol. The summed E-state index contributed by atoms with van der Waals surface area (Å²) in [5, 5.41) is 10.7. The van der Waals surface area contributed by atoms with Gasteiger partial charge < -0.3 is 19.3 Å². The maximum atomic E-state index is 10.7. The molecule has 0 saturated carbocycles. The Morgan fingerprint density at radius 2 is 1.37 bits per heavy atom. The summed E-state index contributed by atoms with van der Waals surface area (Å²) in [5.74, 6) is 1.53. The third-order valence-corrected chi connectivity index (χ3v) is 5.17. The number of hydrogen-bond acceptors (Lipinski definition) is 4. The van der Waals surface area contributed by atoms with Gasteiger partial charge in [0.2, 0.25) is 0 Å². The van der Waals surface area contributed by atoms with Gasteiger partial charge in [0.25, 0.3) is 5.69 Å². The van der Waals surface area contributed by atoms with Crippen molar-refractivity contribution in [2.75, 3.05) is 40.4 Å². The second-order valence-corrected chi connectivity index (χ2v) is 6.97. The first-order valence-corrected chi connectivity index (χ1v) is 9.20. The third-order valence-electron chi connectivity index (χ3n) is 5.17. The fourth-order valence-corrected chi connectivity index (χ4v) is 3.61. The maximum absolute atomic E-state index is 10.7. The van der Waals surface area contributed by atoms with Crippen molar-refractivity contribution in [2.45, 2.75) is 13.1 Å². The fourth-order valence-electron chi connectivity index (χ4n) is 3.61. The van der Waals surface area contributed by atoms with Gasteiger partial charge in [-0.1, -0.05) is 0 Å². The number of non-ortho nitro benzene ring substituents is 1. The first-order chi connectivity index (χ1) is 13.1. The molecule has 2 N–H and O–H groups in total. The lowest BCUT2D eigenvalue weighted by Crippen LogP contribution is -3.27. The van der Waals surface area contributed by atoms with E-state index in [1.54, 1.807) is 31.3 Å². The molecule has 1 saturated heterocycles. The summed E-state index contributed by atoms with van der Waals surface area (Å²) in [6.45, 7) is 6.30. The van der Waals surface area contributed by atoms with Gasteiger partial charge in [0.1, 0.15) is 39.3 Å². The van der Waals surface area contributed by atoms with Crippen molar-refractivity contribution in [1.29, 1.82) is 0 Å². The Morgan fingerprint density at radius 1 is 0.852 bits per heavy atom. The lowest BCUT2D eigenvalue weighted by atomic mass is 10.1. The predicted molar refractivity (Wildman–Crippen MR) is 101 cm³/mol. The van der Waals surface area contributed by atoms with Crippen LogP contribution in [0.25, 0.3) is 0 Å². The predicted octanol–water partition coefficient (Wildman–Crippen LogP) is 0.0956. The molecule has 0 amide bonds. The van der Waals surface area contributed by atoms with Crippen molar-refractivity contribution in [3.05, 3.63) is 63.7 Å². The summed E-state index contributed by atoms with van der Waals surface area (Å²) in [7, 11) is 3.31. The molecular formula is C20H27N3O4+2. The Hall–Kier alpha value is -2.64. The number of nitrogens with one attached hydrogen (secondary N) is 2. The molecule has 2 aromatic carbocycles. The summed E-state index contributed by atoms with van der Waals surface area (Å²) >= 11 is 0. The zero-order chi connectivity index (χ0) is 19.2. The Labute approximate surface area is 159 Å². The molecule has 1 aliphatic rings. The van der Waals surface area contributed by atoms with Gasteiger partial charge >= 0.3 is 0 Å². The highest BCUT2D eigenvalue weighted by molar-refractivity contribution is 5.42. The molecule has 0 radical (unpaired) electrons. The highest BCUT2D eigenvalue weighted by atomic mass is 16.6. The van der Waals surface area contributed by atoms with Crippen molar-refractivity contribution in [3.63, 3.8) is 0 Å². The molecule has 1 fully saturated rings. The fraction of sp³-hybridized carbons (Fsp3) is 0.400. The molecule has 0 aromatic heterocycles. The van der Waals surface area contributed by atoms with Crippen LogP contribution >= 0.6 is 0 Å². The van der Waals surface area contributed by atoms with E-state index in [0.29, 0.717) is 0 Å². The van der Waals surface area contributed by atoms with Crippen LogP contribution in [0.4, 0.5) is 5.69 Å². The summed E-state index contributed by atoms with van der Waals surface area (Å²) in [6.07, 6.45) is 0. The van der Waals surface area contributed by atoms with E-state index in [9.17, 15) is 10.1 Å². The Morgan fingerprint density at radius 3 is 1.89 bits per heavy atom. The largest absolute Gasteiger partial charge is 0.493 e. The molecule has 7 nitrogen and oxygen atoms in total. The number of quaternary nitrogens is 2. The lowest BCUT2D eigenvalue weighted by Gasteiger charge is -2.30. The number of piperazine rings is 1. The molecule has 0 bridgehead atoms. The van der Waals surface area contributed by atoms with Crippen molar-refractivity contribution in [3.8, 4) is 11.5 Å². The molecule has 0 atom stereocenters. The molecule has 7 heteroatoms. The zero-order valence-corrected chi connectivity index (χ0v) is 15.9. The van der Waals surface area contributed by atoms with Crippen LogP contribution in [-0.4, -0.2) is 45.3 Å². The van der Waals surface area contributed by atoms with Crippen LogP contribution in [0.5, 0.6) is 11.5 Å². The summed E-state index contributed by atoms with van der Waals surface area (Å²) in [6, 6.07) is 13.0. The molecular weight excluding hydrogens is 346 g/mol. The SMILES string of the molecule is COc1ccc(C[NH+]2CC[NH+](Cc3ccc([N+](=O)[O-])cc3)CC2)cc1OC. The van der Waals surface area contributed by atoms with Crippen molar-refractivity contribution < 1.29 is 24.2 Å². The minimum Gasteiger partial charge on any atom is -0.493 e. The number of rotatable bonds is 7. The average Bonchev–Trinajstić information content (AvgIpc) is 2.69. The summed E-state index contributed by atoms with van der Waals surface area (Å²) in [4.78, 5) is 13.5. The van der Waals surface area contributed by atoms with E-state index in [-0.39, 0.29) is 10.6 Å². The van der Waals surface area contributed by atoms with E-state index in [1.165, 1.54) is 10.5 Å². The van der Waals surface area contributed by atoms with E-state index in [2.05, 4.69) is 12.1 Å². The molecule has 144 valence electrons. The van der Waals surface area contributed by atoms with Gasteiger partial charge in [-0.3, -0.25) is 10.1 Å². The van der Waals surface area contributed by atoms with Crippen LogP contribution in [0.2, 0.25) is 0 Å². The van der Waals surface area contributed by atoms with Crippen molar-refractivity contribution in [1.82, 2.24) is 0 Å². The number of methoxy groups -OCH3 is 2. The topological polar surface area (TPSA) is 70.5 Å². The van der Waals surface area contributed by atoms with Gasteiger partial charge in [-0.25, -0.2) is 0 Å². The van der Waals surface area contributed by atoms with E-state index < -0.39 is 0 Å². The van der Waals surface area contributed by atoms with Gasteiger partial charge in [-0.15, -0.1) is 0 Å². The van der Waals surface area contributed by atoms with E-state index >= 15 is 0 Å². The van der Waals surface area contributed by atoms with Crippen molar-refractivity contribution >= 4 is 5.69 Å². The number of nitro groups is 1.